The molecule has 0 unspecified atom stereocenters. The summed E-state index contributed by atoms with van der Waals surface area (Å²) in [5.74, 6) is -0.156. The average Bonchev–Trinajstić information content (AvgIpc) is 3.00. The van der Waals surface area contributed by atoms with Crippen LogP contribution in [0.1, 0.15) is 18.9 Å². The third-order valence-corrected chi connectivity index (χ3v) is 5.81. The maximum Gasteiger partial charge on any atom is 0.326 e. The molecule has 0 aliphatic carbocycles. The fraction of sp³-hybridized carbons (Fsp3) is 0.364. The SMILES string of the molecule is CC[C@]1(c2ccccc2)NC(=O)N(CN2CCN(c3ccccc3)CC2)C1=O. The lowest BCUT2D eigenvalue weighted by Gasteiger charge is -2.37. The predicted molar refractivity (Wildman–Crippen MR) is 109 cm³/mol. The summed E-state index contributed by atoms with van der Waals surface area (Å²) in [5, 5.41) is 2.96. The normalized spacial score (nSPS) is 23.2. The van der Waals surface area contributed by atoms with E-state index in [0.29, 0.717) is 13.1 Å². The number of anilines is 1. The molecule has 6 heteroatoms. The van der Waals surface area contributed by atoms with Gasteiger partial charge >= 0.3 is 6.03 Å². The fourth-order valence-electron chi connectivity index (χ4n) is 4.10. The van der Waals surface area contributed by atoms with Gasteiger partial charge in [-0.1, -0.05) is 55.5 Å². The zero-order valence-electron chi connectivity index (χ0n) is 16.2. The molecule has 2 heterocycles. The van der Waals surface area contributed by atoms with Crippen molar-refractivity contribution >= 4 is 17.6 Å². The third kappa shape index (κ3) is 3.24. The van der Waals surface area contributed by atoms with Crippen LogP contribution in [0.2, 0.25) is 0 Å². The van der Waals surface area contributed by atoms with Gasteiger partial charge in [-0.25, -0.2) is 9.69 Å². The van der Waals surface area contributed by atoms with Crippen LogP contribution < -0.4 is 10.2 Å². The molecule has 0 saturated carbocycles. The lowest BCUT2D eigenvalue weighted by Crippen LogP contribution is -2.51. The average molecular weight is 378 g/mol. The van der Waals surface area contributed by atoms with Gasteiger partial charge in [0, 0.05) is 31.9 Å². The van der Waals surface area contributed by atoms with E-state index in [1.54, 1.807) is 0 Å². The number of para-hydroxylation sites is 1. The molecular weight excluding hydrogens is 352 g/mol. The number of carbonyl (C=O) groups excluding carboxylic acids is 2. The molecule has 4 rings (SSSR count). The molecule has 6 nitrogen and oxygen atoms in total. The fourth-order valence-corrected chi connectivity index (χ4v) is 4.10. The van der Waals surface area contributed by atoms with Gasteiger partial charge in [-0.05, 0) is 24.1 Å². The highest BCUT2D eigenvalue weighted by molar-refractivity contribution is 6.07. The van der Waals surface area contributed by atoms with E-state index in [9.17, 15) is 9.59 Å². The molecule has 2 aromatic carbocycles. The predicted octanol–water partition coefficient (Wildman–Crippen LogP) is 2.62. The molecule has 0 spiro atoms. The van der Waals surface area contributed by atoms with Crippen molar-refractivity contribution in [3.8, 4) is 0 Å². The van der Waals surface area contributed by atoms with Crippen molar-refractivity contribution in [3.63, 3.8) is 0 Å². The van der Waals surface area contributed by atoms with E-state index in [0.717, 1.165) is 31.7 Å². The summed E-state index contributed by atoms with van der Waals surface area (Å²) in [7, 11) is 0. The number of benzene rings is 2. The molecule has 2 fully saturated rings. The van der Waals surface area contributed by atoms with Gasteiger partial charge in [-0.2, -0.15) is 0 Å². The van der Waals surface area contributed by atoms with Crippen LogP contribution in [0.4, 0.5) is 10.5 Å². The van der Waals surface area contributed by atoms with Gasteiger partial charge in [0.1, 0.15) is 5.54 Å². The van der Waals surface area contributed by atoms with Gasteiger partial charge < -0.3 is 10.2 Å². The first kappa shape index (κ1) is 18.5. The summed E-state index contributed by atoms with van der Waals surface area (Å²) in [5.41, 5.74) is 1.10. The van der Waals surface area contributed by atoms with Gasteiger partial charge in [0.05, 0.1) is 6.67 Å². The third-order valence-electron chi connectivity index (χ3n) is 5.81. The Morgan fingerprint density at radius 2 is 1.50 bits per heavy atom. The molecule has 3 amide bonds. The maximum atomic E-state index is 13.2. The summed E-state index contributed by atoms with van der Waals surface area (Å²) in [6.07, 6.45) is 0.528. The Morgan fingerprint density at radius 3 is 2.11 bits per heavy atom. The Kier molecular flexibility index (Phi) is 5.05. The van der Waals surface area contributed by atoms with Crippen molar-refractivity contribution < 1.29 is 9.59 Å². The zero-order chi connectivity index (χ0) is 19.6. The highest BCUT2D eigenvalue weighted by Crippen LogP contribution is 2.32. The number of rotatable bonds is 5. The Balaban J connectivity index is 1.43. The van der Waals surface area contributed by atoms with Crippen molar-refractivity contribution in [1.29, 1.82) is 0 Å². The quantitative estimate of drug-likeness (QED) is 0.813. The number of hydrogen-bond donors (Lipinski definition) is 1. The molecule has 2 saturated heterocycles. The summed E-state index contributed by atoms with van der Waals surface area (Å²) in [4.78, 5) is 31.8. The molecular formula is C22H26N4O2. The minimum atomic E-state index is -0.954. The van der Waals surface area contributed by atoms with Gasteiger partial charge in [0.15, 0.2) is 0 Å². The second kappa shape index (κ2) is 7.64. The first-order valence-corrected chi connectivity index (χ1v) is 9.86. The number of urea groups is 1. The molecule has 0 aromatic heterocycles. The highest BCUT2D eigenvalue weighted by atomic mass is 16.2. The van der Waals surface area contributed by atoms with Crippen molar-refractivity contribution in [2.45, 2.75) is 18.9 Å². The summed E-state index contributed by atoms with van der Waals surface area (Å²) >= 11 is 0. The van der Waals surface area contributed by atoms with E-state index < -0.39 is 5.54 Å². The largest absolute Gasteiger partial charge is 0.369 e. The van der Waals surface area contributed by atoms with Crippen LogP contribution >= 0.6 is 0 Å². The molecule has 2 aromatic rings. The second-order valence-electron chi connectivity index (χ2n) is 7.37. The van der Waals surface area contributed by atoms with Crippen molar-refractivity contribution in [1.82, 2.24) is 15.1 Å². The van der Waals surface area contributed by atoms with E-state index in [1.807, 2.05) is 55.5 Å². The van der Waals surface area contributed by atoms with E-state index >= 15 is 0 Å². The zero-order valence-corrected chi connectivity index (χ0v) is 16.2. The Hall–Kier alpha value is -2.86. The lowest BCUT2D eigenvalue weighted by atomic mass is 9.87. The Labute approximate surface area is 165 Å². The van der Waals surface area contributed by atoms with Gasteiger partial charge in [0.25, 0.3) is 5.91 Å². The smallest absolute Gasteiger partial charge is 0.326 e. The van der Waals surface area contributed by atoms with Gasteiger partial charge in [0.2, 0.25) is 0 Å². The minimum absolute atomic E-state index is 0.156. The van der Waals surface area contributed by atoms with E-state index in [4.69, 9.17) is 0 Å². The van der Waals surface area contributed by atoms with Crippen LogP contribution in [-0.4, -0.2) is 54.6 Å². The van der Waals surface area contributed by atoms with Crippen LogP contribution in [0.25, 0.3) is 0 Å². The first-order valence-electron chi connectivity index (χ1n) is 9.86. The van der Waals surface area contributed by atoms with Crippen molar-refractivity contribution in [2.24, 2.45) is 0 Å². The summed E-state index contributed by atoms with van der Waals surface area (Å²) in [6.45, 7) is 5.67. The molecule has 2 aliphatic heterocycles. The molecule has 2 aliphatic rings. The molecule has 0 bridgehead atoms. The summed E-state index contributed by atoms with van der Waals surface area (Å²) < 4.78 is 0. The minimum Gasteiger partial charge on any atom is -0.369 e. The van der Waals surface area contributed by atoms with E-state index in [2.05, 4.69) is 27.2 Å². The lowest BCUT2D eigenvalue weighted by molar-refractivity contribution is -0.133. The van der Waals surface area contributed by atoms with E-state index in [-0.39, 0.29) is 11.9 Å². The van der Waals surface area contributed by atoms with Crippen LogP contribution in [0.15, 0.2) is 60.7 Å². The highest BCUT2D eigenvalue weighted by Gasteiger charge is 2.51. The monoisotopic (exact) mass is 378 g/mol. The summed E-state index contributed by atoms with van der Waals surface area (Å²) in [6, 6.07) is 19.6. The van der Waals surface area contributed by atoms with E-state index in [1.165, 1.54) is 10.6 Å². The molecule has 1 atom stereocenters. The number of nitrogens with zero attached hydrogens (tertiary/aromatic N) is 3. The second-order valence-corrected chi connectivity index (χ2v) is 7.37. The topological polar surface area (TPSA) is 55.9 Å². The van der Waals surface area contributed by atoms with Crippen LogP contribution in [0.5, 0.6) is 0 Å². The molecule has 28 heavy (non-hydrogen) atoms. The molecule has 146 valence electrons. The molecule has 1 N–H and O–H groups in total. The van der Waals surface area contributed by atoms with Crippen molar-refractivity contribution in [3.05, 3.63) is 66.2 Å². The maximum absolute atomic E-state index is 13.2. The van der Waals surface area contributed by atoms with Crippen LogP contribution in [-0.2, 0) is 10.3 Å². The molecule has 0 radical (unpaired) electrons. The number of amides is 3. The first-order chi connectivity index (χ1) is 13.6. The number of imide groups is 1. The number of nitrogens with one attached hydrogen (secondary N) is 1. The van der Waals surface area contributed by atoms with Gasteiger partial charge in [-0.15, -0.1) is 0 Å². The number of piperazine rings is 1. The van der Waals surface area contributed by atoms with Gasteiger partial charge in [-0.3, -0.25) is 9.69 Å². The Bertz CT molecular complexity index is 834. The standard InChI is InChI=1S/C22H26N4O2/c1-2-22(18-9-5-3-6-10-18)20(27)26(21(28)23-22)17-24-13-15-25(16-14-24)19-11-7-4-8-12-19/h3-12H,2,13-17H2,1H3,(H,23,28)/t22-/m1/s1. The van der Waals surface area contributed by atoms with Crippen LogP contribution in [0.3, 0.4) is 0 Å². The van der Waals surface area contributed by atoms with Crippen LogP contribution in [0, 0.1) is 0 Å². The Morgan fingerprint density at radius 1 is 0.893 bits per heavy atom. The number of carbonyl (C=O) groups is 2. The number of hydrogen-bond acceptors (Lipinski definition) is 4. The van der Waals surface area contributed by atoms with Crippen molar-refractivity contribution in [2.75, 3.05) is 37.7 Å².